The van der Waals surface area contributed by atoms with Gasteiger partial charge in [0.2, 0.25) is 0 Å². The lowest BCUT2D eigenvalue weighted by Gasteiger charge is -2.13. The zero-order valence-corrected chi connectivity index (χ0v) is 16.8. The number of halogens is 4. The highest BCUT2D eigenvalue weighted by atomic mass is 127. The van der Waals surface area contributed by atoms with Crippen LogP contribution < -0.4 is 10.1 Å². The summed E-state index contributed by atoms with van der Waals surface area (Å²) in [6, 6.07) is 8.90. The minimum absolute atomic E-state index is 0.243. The number of hydrogen-bond donors (Lipinski definition) is 1. The maximum Gasteiger partial charge on any atom is 0.256 e. The van der Waals surface area contributed by atoms with Crippen molar-refractivity contribution >= 4 is 77.6 Å². The van der Waals surface area contributed by atoms with Gasteiger partial charge in [-0.1, -0.05) is 11.6 Å². The highest BCUT2D eigenvalue weighted by Crippen LogP contribution is 2.36. The molecule has 0 atom stereocenters. The van der Waals surface area contributed by atoms with Gasteiger partial charge in [0.1, 0.15) is 0 Å². The van der Waals surface area contributed by atoms with E-state index in [1.54, 1.807) is 18.2 Å². The third-order valence-electron chi connectivity index (χ3n) is 2.63. The lowest BCUT2D eigenvalue weighted by Crippen LogP contribution is -2.13. The third-order valence-corrected chi connectivity index (χ3v) is 4.80. The number of rotatable bonds is 3. The molecule has 2 aromatic carbocycles. The molecule has 0 saturated carbocycles. The van der Waals surface area contributed by atoms with Gasteiger partial charge in [0.05, 0.1) is 22.8 Å². The lowest BCUT2D eigenvalue weighted by molar-refractivity contribution is 0.102. The SMILES string of the molecule is COc1c(Br)cc(Cl)cc1NC(=O)c1cc(I)ccc1Br. The maximum absolute atomic E-state index is 12.4. The Morgan fingerprint density at radius 3 is 2.62 bits per heavy atom. The molecule has 0 saturated heterocycles. The smallest absolute Gasteiger partial charge is 0.256 e. The number of hydrogen-bond acceptors (Lipinski definition) is 2. The average Bonchev–Trinajstić information content (AvgIpc) is 2.41. The fourth-order valence-corrected chi connectivity index (χ4v) is 3.61. The van der Waals surface area contributed by atoms with Crippen molar-refractivity contribution in [2.24, 2.45) is 0 Å². The van der Waals surface area contributed by atoms with E-state index in [2.05, 4.69) is 59.8 Å². The minimum atomic E-state index is -0.243. The number of amides is 1. The second-order valence-electron chi connectivity index (χ2n) is 4.05. The molecular weight excluding hydrogens is 536 g/mol. The van der Waals surface area contributed by atoms with Gasteiger partial charge in [-0.3, -0.25) is 4.79 Å². The molecule has 0 unspecified atom stereocenters. The highest BCUT2D eigenvalue weighted by molar-refractivity contribution is 14.1. The summed E-state index contributed by atoms with van der Waals surface area (Å²) in [6.07, 6.45) is 0. The van der Waals surface area contributed by atoms with Crippen LogP contribution in [0.4, 0.5) is 5.69 Å². The normalized spacial score (nSPS) is 10.3. The summed E-state index contributed by atoms with van der Waals surface area (Å²) < 4.78 is 7.66. The van der Waals surface area contributed by atoms with Crippen molar-refractivity contribution in [2.75, 3.05) is 12.4 Å². The van der Waals surface area contributed by atoms with Crippen LogP contribution in [-0.2, 0) is 0 Å². The van der Waals surface area contributed by atoms with Gasteiger partial charge < -0.3 is 10.1 Å². The van der Waals surface area contributed by atoms with Gasteiger partial charge in [0.15, 0.2) is 5.75 Å². The average molecular weight is 545 g/mol. The highest BCUT2D eigenvalue weighted by Gasteiger charge is 2.15. The summed E-state index contributed by atoms with van der Waals surface area (Å²) in [5, 5.41) is 3.32. The number of benzene rings is 2. The van der Waals surface area contributed by atoms with E-state index in [9.17, 15) is 4.79 Å². The van der Waals surface area contributed by atoms with Gasteiger partial charge in [-0.25, -0.2) is 0 Å². The van der Waals surface area contributed by atoms with Crippen molar-refractivity contribution in [3.8, 4) is 5.75 Å². The Bertz CT molecular complexity index is 710. The summed E-state index contributed by atoms with van der Waals surface area (Å²) in [6.45, 7) is 0. The van der Waals surface area contributed by atoms with Crippen LogP contribution in [0.5, 0.6) is 5.75 Å². The number of carbonyl (C=O) groups is 1. The first kappa shape index (κ1) is 17.1. The summed E-state index contributed by atoms with van der Waals surface area (Å²) in [4.78, 5) is 12.4. The van der Waals surface area contributed by atoms with E-state index < -0.39 is 0 Å². The molecule has 2 aromatic rings. The number of methoxy groups -OCH3 is 1. The number of carbonyl (C=O) groups excluding carboxylic acids is 1. The summed E-state index contributed by atoms with van der Waals surface area (Å²) in [7, 11) is 1.53. The van der Waals surface area contributed by atoms with E-state index in [1.807, 2.05) is 12.1 Å². The standard InChI is InChI=1S/C14H9Br2ClINO2/c1-21-13-11(16)4-7(17)5-12(13)19-14(20)9-6-8(18)2-3-10(9)15/h2-6H,1H3,(H,19,20). The van der Waals surface area contributed by atoms with Crippen LogP contribution in [0.3, 0.4) is 0 Å². The van der Waals surface area contributed by atoms with Gasteiger partial charge in [-0.15, -0.1) is 0 Å². The van der Waals surface area contributed by atoms with E-state index >= 15 is 0 Å². The number of ether oxygens (including phenoxy) is 1. The van der Waals surface area contributed by atoms with Crippen LogP contribution in [0.25, 0.3) is 0 Å². The molecule has 0 spiro atoms. The molecule has 1 N–H and O–H groups in total. The molecule has 110 valence electrons. The molecule has 0 fully saturated rings. The first-order valence-corrected chi connectivity index (χ1v) is 8.76. The van der Waals surface area contributed by atoms with Crippen molar-refractivity contribution in [2.45, 2.75) is 0 Å². The van der Waals surface area contributed by atoms with Crippen LogP contribution >= 0.6 is 66.1 Å². The largest absolute Gasteiger partial charge is 0.493 e. The zero-order valence-electron chi connectivity index (χ0n) is 10.7. The quantitative estimate of drug-likeness (QED) is 0.501. The Hall–Kier alpha value is -0.310. The van der Waals surface area contributed by atoms with E-state index in [1.165, 1.54) is 7.11 Å². The van der Waals surface area contributed by atoms with Gasteiger partial charge in [0.25, 0.3) is 5.91 Å². The van der Waals surface area contributed by atoms with Crippen molar-refractivity contribution in [1.82, 2.24) is 0 Å². The van der Waals surface area contributed by atoms with Crippen molar-refractivity contribution in [3.63, 3.8) is 0 Å². The molecular formula is C14H9Br2ClINO2. The van der Waals surface area contributed by atoms with Crippen molar-refractivity contribution in [3.05, 3.63) is 53.4 Å². The minimum Gasteiger partial charge on any atom is -0.493 e. The Balaban J connectivity index is 2.38. The molecule has 0 aliphatic rings. The van der Waals surface area contributed by atoms with Crippen LogP contribution in [0.2, 0.25) is 5.02 Å². The Labute approximate surface area is 157 Å². The molecule has 21 heavy (non-hydrogen) atoms. The Kier molecular flexibility index (Phi) is 5.93. The molecule has 0 aliphatic heterocycles. The summed E-state index contributed by atoms with van der Waals surface area (Å²) in [5.74, 6) is 0.280. The van der Waals surface area contributed by atoms with Crippen molar-refractivity contribution < 1.29 is 9.53 Å². The Morgan fingerprint density at radius 2 is 1.95 bits per heavy atom. The Morgan fingerprint density at radius 1 is 1.24 bits per heavy atom. The predicted molar refractivity (Wildman–Crippen MR) is 101 cm³/mol. The van der Waals surface area contributed by atoms with Crippen LogP contribution in [-0.4, -0.2) is 13.0 Å². The first-order valence-electron chi connectivity index (χ1n) is 5.72. The maximum atomic E-state index is 12.4. The van der Waals surface area contributed by atoms with E-state index in [-0.39, 0.29) is 5.91 Å². The van der Waals surface area contributed by atoms with Gasteiger partial charge >= 0.3 is 0 Å². The summed E-state index contributed by atoms with van der Waals surface area (Å²) in [5.41, 5.74) is 1.05. The van der Waals surface area contributed by atoms with E-state index in [0.717, 1.165) is 8.04 Å². The molecule has 1 amide bonds. The van der Waals surface area contributed by atoms with E-state index in [4.69, 9.17) is 16.3 Å². The summed E-state index contributed by atoms with van der Waals surface area (Å²) >= 11 is 14.9. The zero-order chi connectivity index (χ0) is 15.6. The molecule has 0 radical (unpaired) electrons. The first-order chi connectivity index (χ1) is 9.92. The number of anilines is 1. The van der Waals surface area contributed by atoms with Gasteiger partial charge in [-0.2, -0.15) is 0 Å². The van der Waals surface area contributed by atoms with Gasteiger partial charge in [-0.05, 0) is 84.8 Å². The second kappa shape index (κ2) is 7.30. The number of nitrogens with one attached hydrogen (secondary N) is 1. The topological polar surface area (TPSA) is 38.3 Å². The monoisotopic (exact) mass is 543 g/mol. The second-order valence-corrected chi connectivity index (χ2v) is 7.44. The van der Waals surface area contributed by atoms with Crippen LogP contribution in [0.1, 0.15) is 10.4 Å². The lowest BCUT2D eigenvalue weighted by atomic mass is 10.2. The molecule has 3 nitrogen and oxygen atoms in total. The fraction of sp³-hybridized carbons (Fsp3) is 0.0714. The van der Waals surface area contributed by atoms with Crippen molar-refractivity contribution in [1.29, 1.82) is 0 Å². The fourth-order valence-electron chi connectivity index (χ4n) is 1.72. The molecule has 7 heteroatoms. The molecule has 0 aliphatic carbocycles. The van der Waals surface area contributed by atoms with Crippen LogP contribution in [0, 0.1) is 3.57 Å². The third kappa shape index (κ3) is 4.12. The van der Waals surface area contributed by atoms with E-state index in [0.29, 0.717) is 26.5 Å². The molecule has 0 aromatic heterocycles. The molecule has 0 bridgehead atoms. The molecule has 2 rings (SSSR count). The van der Waals surface area contributed by atoms with Gasteiger partial charge in [0, 0.05) is 13.1 Å². The predicted octanol–water partition coefficient (Wildman–Crippen LogP) is 5.73. The molecule has 0 heterocycles. The van der Waals surface area contributed by atoms with Crippen LogP contribution in [0.15, 0.2) is 39.3 Å².